The van der Waals surface area contributed by atoms with Gasteiger partial charge in [-0.25, -0.2) is 4.98 Å². The second-order valence-electron chi connectivity index (χ2n) is 4.58. The van der Waals surface area contributed by atoms with Crippen molar-refractivity contribution >= 4 is 5.69 Å². The van der Waals surface area contributed by atoms with Crippen molar-refractivity contribution in [2.75, 3.05) is 13.7 Å². The van der Waals surface area contributed by atoms with Crippen LogP contribution in [0.3, 0.4) is 0 Å². The molecule has 0 saturated carbocycles. The minimum Gasteiger partial charge on any atom is -0.490 e. The number of rotatable bonds is 7. The molecule has 21 heavy (non-hydrogen) atoms. The molecule has 2 aromatic rings. The van der Waals surface area contributed by atoms with Crippen molar-refractivity contribution in [3.05, 3.63) is 52.1 Å². The third kappa shape index (κ3) is 3.79. The number of nitrogens with zero attached hydrogens (tertiary/aromatic N) is 3. The number of imidazole rings is 1. The fourth-order valence-electron chi connectivity index (χ4n) is 2.02. The number of benzene rings is 1. The number of nitrogens with one attached hydrogen (secondary N) is 1. The van der Waals surface area contributed by atoms with E-state index in [1.54, 1.807) is 12.4 Å². The van der Waals surface area contributed by atoms with Crippen LogP contribution in [-0.4, -0.2) is 28.1 Å². The first kappa shape index (κ1) is 15.0. The number of hydrogen-bond donors (Lipinski definition) is 1. The molecule has 2 rings (SSSR count). The van der Waals surface area contributed by atoms with E-state index in [4.69, 9.17) is 4.74 Å². The van der Waals surface area contributed by atoms with Crippen LogP contribution in [0.4, 0.5) is 5.69 Å². The fraction of sp³-hybridized carbons (Fsp3) is 0.357. The molecule has 1 aromatic heterocycles. The molecule has 7 heteroatoms. The molecule has 0 aliphatic rings. The predicted molar refractivity (Wildman–Crippen MR) is 78.4 cm³/mol. The van der Waals surface area contributed by atoms with Gasteiger partial charge in [0.05, 0.1) is 24.1 Å². The predicted octanol–water partition coefficient (Wildman–Crippen LogP) is 1.96. The summed E-state index contributed by atoms with van der Waals surface area (Å²) in [6.45, 7) is 4.17. The van der Waals surface area contributed by atoms with Crippen molar-refractivity contribution in [3.8, 4) is 5.75 Å². The Morgan fingerprint density at radius 2 is 2.29 bits per heavy atom. The summed E-state index contributed by atoms with van der Waals surface area (Å²) in [5.41, 5.74) is 1.75. The highest BCUT2D eigenvalue weighted by Gasteiger charge is 2.15. The van der Waals surface area contributed by atoms with E-state index in [1.807, 2.05) is 23.8 Å². The molecule has 7 nitrogen and oxygen atoms in total. The Labute approximate surface area is 122 Å². The minimum atomic E-state index is -0.438. The van der Waals surface area contributed by atoms with Gasteiger partial charge in [0.2, 0.25) is 0 Å². The first-order valence-electron chi connectivity index (χ1n) is 6.66. The lowest BCUT2D eigenvalue weighted by Crippen LogP contribution is -2.11. The van der Waals surface area contributed by atoms with Crippen molar-refractivity contribution in [2.24, 2.45) is 0 Å². The molecule has 0 aliphatic heterocycles. The van der Waals surface area contributed by atoms with Gasteiger partial charge < -0.3 is 14.6 Å². The number of nitro benzene ring substituents is 1. The molecule has 0 atom stereocenters. The van der Waals surface area contributed by atoms with Crippen molar-refractivity contribution in [1.29, 1.82) is 0 Å². The van der Waals surface area contributed by atoms with Gasteiger partial charge in [0.1, 0.15) is 0 Å². The molecule has 0 saturated heterocycles. The van der Waals surface area contributed by atoms with Crippen LogP contribution in [0.25, 0.3) is 0 Å². The third-order valence-electron chi connectivity index (χ3n) is 3.05. The summed E-state index contributed by atoms with van der Waals surface area (Å²) in [5, 5.41) is 14.2. The molecule has 0 amide bonds. The summed E-state index contributed by atoms with van der Waals surface area (Å²) >= 11 is 0. The molecule has 0 unspecified atom stereocenters. The second kappa shape index (κ2) is 6.85. The van der Waals surface area contributed by atoms with Crippen LogP contribution in [0.5, 0.6) is 5.75 Å². The first-order chi connectivity index (χ1) is 10.1. The van der Waals surface area contributed by atoms with Crippen LogP contribution >= 0.6 is 0 Å². The molecule has 112 valence electrons. The average Bonchev–Trinajstić information content (AvgIpc) is 2.92. The van der Waals surface area contributed by atoms with E-state index < -0.39 is 4.92 Å². The Kier molecular flexibility index (Phi) is 4.89. The lowest BCUT2D eigenvalue weighted by molar-refractivity contribution is -0.385. The lowest BCUT2D eigenvalue weighted by atomic mass is 10.2. The fourth-order valence-corrected chi connectivity index (χ4v) is 2.02. The van der Waals surface area contributed by atoms with E-state index in [9.17, 15) is 10.1 Å². The molecule has 0 aliphatic carbocycles. The van der Waals surface area contributed by atoms with Crippen LogP contribution in [0.2, 0.25) is 0 Å². The average molecular weight is 290 g/mol. The topological polar surface area (TPSA) is 82.2 Å². The number of ether oxygens (including phenoxy) is 1. The molecule has 1 N–H and O–H groups in total. The highest BCUT2D eigenvalue weighted by Crippen LogP contribution is 2.27. The molecule has 0 radical (unpaired) electrons. The maximum atomic E-state index is 11.0. The van der Waals surface area contributed by atoms with Crippen LogP contribution in [-0.2, 0) is 13.1 Å². The zero-order valence-electron chi connectivity index (χ0n) is 12.1. The summed E-state index contributed by atoms with van der Waals surface area (Å²) in [5.74, 6) is 0.266. The van der Waals surface area contributed by atoms with Gasteiger partial charge in [0.15, 0.2) is 5.75 Å². The zero-order valence-corrected chi connectivity index (χ0v) is 12.1. The van der Waals surface area contributed by atoms with E-state index in [-0.39, 0.29) is 11.4 Å². The number of methoxy groups -OCH3 is 1. The summed E-state index contributed by atoms with van der Waals surface area (Å²) in [6, 6.07) is 4.96. The Balaban J connectivity index is 2.14. The summed E-state index contributed by atoms with van der Waals surface area (Å²) < 4.78 is 6.89. The molecular weight excluding hydrogens is 272 g/mol. The van der Waals surface area contributed by atoms with E-state index >= 15 is 0 Å². The first-order valence-corrected chi connectivity index (χ1v) is 6.66. The summed E-state index contributed by atoms with van der Waals surface area (Å²) in [4.78, 5) is 14.9. The highest BCUT2D eigenvalue weighted by molar-refractivity contribution is 5.48. The number of nitro groups is 1. The van der Waals surface area contributed by atoms with Gasteiger partial charge in [-0.15, -0.1) is 0 Å². The molecular formula is C14H18N4O3. The van der Waals surface area contributed by atoms with Gasteiger partial charge in [-0.1, -0.05) is 13.0 Å². The second-order valence-corrected chi connectivity index (χ2v) is 4.58. The molecule has 0 spiro atoms. The van der Waals surface area contributed by atoms with Gasteiger partial charge in [0.25, 0.3) is 0 Å². The SMILES string of the molecule is CCNCc1cn(Cc2ccc(OC)c([N+](=O)[O-])c2)cn1. The molecule has 1 aromatic carbocycles. The van der Waals surface area contributed by atoms with Crippen molar-refractivity contribution < 1.29 is 9.66 Å². The van der Waals surface area contributed by atoms with Crippen LogP contribution in [0.1, 0.15) is 18.2 Å². The van der Waals surface area contributed by atoms with Crippen molar-refractivity contribution in [2.45, 2.75) is 20.0 Å². The quantitative estimate of drug-likeness (QED) is 0.622. The van der Waals surface area contributed by atoms with E-state index in [0.717, 1.165) is 17.8 Å². The van der Waals surface area contributed by atoms with Crippen LogP contribution in [0, 0.1) is 10.1 Å². The number of aromatic nitrogens is 2. The van der Waals surface area contributed by atoms with Crippen molar-refractivity contribution in [3.63, 3.8) is 0 Å². The molecule has 0 bridgehead atoms. The molecule has 0 fully saturated rings. The van der Waals surface area contributed by atoms with Gasteiger partial charge in [-0.3, -0.25) is 10.1 Å². The minimum absolute atomic E-state index is 0.0250. The van der Waals surface area contributed by atoms with E-state index in [2.05, 4.69) is 10.3 Å². The Bertz CT molecular complexity index is 624. The Morgan fingerprint density at radius 1 is 1.48 bits per heavy atom. The highest BCUT2D eigenvalue weighted by atomic mass is 16.6. The van der Waals surface area contributed by atoms with Gasteiger partial charge in [-0.2, -0.15) is 0 Å². The lowest BCUT2D eigenvalue weighted by Gasteiger charge is -2.05. The van der Waals surface area contributed by atoms with Gasteiger partial charge in [-0.05, 0) is 18.2 Å². The van der Waals surface area contributed by atoms with Gasteiger partial charge in [0, 0.05) is 25.4 Å². The zero-order chi connectivity index (χ0) is 15.2. The van der Waals surface area contributed by atoms with Gasteiger partial charge >= 0.3 is 5.69 Å². The summed E-state index contributed by atoms with van der Waals surface area (Å²) in [6.07, 6.45) is 3.65. The Hall–Kier alpha value is -2.41. The van der Waals surface area contributed by atoms with E-state index in [1.165, 1.54) is 13.2 Å². The molecule has 1 heterocycles. The monoisotopic (exact) mass is 290 g/mol. The van der Waals surface area contributed by atoms with E-state index in [0.29, 0.717) is 13.1 Å². The van der Waals surface area contributed by atoms with Crippen LogP contribution < -0.4 is 10.1 Å². The smallest absolute Gasteiger partial charge is 0.311 e. The Morgan fingerprint density at radius 3 is 2.95 bits per heavy atom. The third-order valence-corrected chi connectivity index (χ3v) is 3.05. The maximum absolute atomic E-state index is 11.0. The standard InChI is InChI=1S/C14H18N4O3/c1-3-15-7-12-9-17(10-16-12)8-11-4-5-14(21-2)13(6-11)18(19)20/h4-6,9-10,15H,3,7-8H2,1-2H3. The largest absolute Gasteiger partial charge is 0.490 e. The van der Waals surface area contributed by atoms with Crippen LogP contribution in [0.15, 0.2) is 30.7 Å². The summed E-state index contributed by atoms with van der Waals surface area (Å²) in [7, 11) is 1.42. The maximum Gasteiger partial charge on any atom is 0.311 e. The number of hydrogen-bond acceptors (Lipinski definition) is 5. The normalized spacial score (nSPS) is 10.6. The van der Waals surface area contributed by atoms with Crippen molar-refractivity contribution in [1.82, 2.24) is 14.9 Å².